The van der Waals surface area contributed by atoms with Crippen LogP contribution in [0.1, 0.15) is 19.9 Å². The molecule has 2 aromatic rings. The zero-order valence-corrected chi connectivity index (χ0v) is 14.8. The summed E-state index contributed by atoms with van der Waals surface area (Å²) in [5.41, 5.74) is 1.27. The van der Waals surface area contributed by atoms with Gasteiger partial charge in [0.25, 0.3) is 0 Å². The smallest absolute Gasteiger partial charge is 0.244 e. The quantitative estimate of drug-likeness (QED) is 0.839. The van der Waals surface area contributed by atoms with Gasteiger partial charge in [0.05, 0.1) is 0 Å². The molecule has 1 N–H and O–H groups in total. The van der Waals surface area contributed by atoms with Gasteiger partial charge < -0.3 is 4.90 Å². The number of likely N-dealkylation sites (N-methyl/N-ethyl adjacent to an activating group) is 1. The highest BCUT2D eigenvalue weighted by atomic mass is 32.2. The lowest BCUT2D eigenvalue weighted by Gasteiger charge is -2.11. The Kier molecular flexibility index (Phi) is 5.56. The van der Waals surface area contributed by atoms with Gasteiger partial charge in [-0.15, -0.1) is 0 Å². The molecule has 0 bridgehead atoms. The van der Waals surface area contributed by atoms with Crippen LogP contribution in [0, 0.1) is 0 Å². The number of hydrogen-bond donors (Lipinski definition) is 1. The summed E-state index contributed by atoms with van der Waals surface area (Å²) in [6, 6.07) is 9.46. The van der Waals surface area contributed by atoms with Gasteiger partial charge >= 0.3 is 0 Å². The van der Waals surface area contributed by atoms with Gasteiger partial charge in [0, 0.05) is 30.9 Å². The molecule has 1 aromatic heterocycles. The van der Waals surface area contributed by atoms with Crippen molar-refractivity contribution in [2.75, 3.05) is 27.2 Å². The van der Waals surface area contributed by atoms with Gasteiger partial charge in [-0.25, -0.2) is 13.1 Å². The number of rotatable bonds is 7. The number of sulfonamides is 1. The standard InChI is InChI=1S/C16H24N4O2S/c1-13(2)20-12-15(23(21,22)17-10-11-19(3)4)16(18-20)14-8-6-5-7-9-14/h5-9,12-13,17H,10-11H2,1-4H3. The average molecular weight is 336 g/mol. The summed E-state index contributed by atoms with van der Waals surface area (Å²) < 4.78 is 29.7. The fourth-order valence-electron chi connectivity index (χ4n) is 2.11. The predicted octanol–water partition coefficient (Wildman–Crippen LogP) is 1.97. The molecule has 6 nitrogen and oxygen atoms in total. The normalized spacial score (nSPS) is 12.3. The summed E-state index contributed by atoms with van der Waals surface area (Å²) in [6.45, 7) is 4.93. The van der Waals surface area contributed by atoms with Gasteiger partial charge in [-0.3, -0.25) is 4.68 Å². The SMILES string of the molecule is CC(C)n1cc(S(=O)(=O)NCCN(C)C)c(-c2ccccc2)n1. The summed E-state index contributed by atoms with van der Waals surface area (Å²) in [7, 11) is 0.199. The van der Waals surface area contributed by atoms with Crippen LogP contribution in [0.4, 0.5) is 0 Å². The third-order valence-corrected chi connectivity index (χ3v) is 4.88. The second-order valence-corrected chi connectivity index (χ2v) is 7.72. The second-order valence-electron chi connectivity index (χ2n) is 5.98. The first-order valence-corrected chi connectivity index (χ1v) is 9.08. The van der Waals surface area contributed by atoms with Crippen LogP contribution < -0.4 is 4.72 Å². The summed E-state index contributed by atoms with van der Waals surface area (Å²) in [6.07, 6.45) is 1.60. The highest BCUT2D eigenvalue weighted by molar-refractivity contribution is 7.89. The van der Waals surface area contributed by atoms with E-state index in [-0.39, 0.29) is 10.9 Å². The predicted molar refractivity (Wildman–Crippen MR) is 91.8 cm³/mol. The van der Waals surface area contributed by atoms with E-state index in [0.717, 1.165) is 5.56 Å². The van der Waals surface area contributed by atoms with Crippen LogP contribution >= 0.6 is 0 Å². The Bertz CT molecular complexity index is 737. The molecule has 1 heterocycles. The van der Waals surface area contributed by atoms with Crippen molar-refractivity contribution in [2.45, 2.75) is 24.8 Å². The van der Waals surface area contributed by atoms with Gasteiger partial charge in [-0.1, -0.05) is 30.3 Å². The number of aromatic nitrogens is 2. The van der Waals surface area contributed by atoms with Crippen molar-refractivity contribution in [3.8, 4) is 11.3 Å². The third-order valence-electron chi connectivity index (χ3n) is 3.42. The maximum absolute atomic E-state index is 12.7. The van der Waals surface area contributed by atoms with Crippen LogP contribution in [0.15, 0.2) is 41.4 Å². The van der Waals surface area contributed by atoms with Crippen LogP contribution in [-0.4, -0.2) is 50.3 Å². The van der Waals surface area contributed by atoms with E-state index in [2.05, 4.69) is 9.82 Å². The van der Waals surface area contributed by atoms with E-state index in [0.29, 0.717) is 18.8 Å². The number of nitrogens with one attached hydrogen (secondary N) is 1. The van der Waals surface area contributed by atoms with E-state index in [4.69, 9.17) is 0 Å². The van der Waals surface area contributed by atoms with Crippen molar-refractivity contribution >= 4 is 10.0 Å². The van der Waals surface area contributed by atoms with Gasteiger partial charge in [-0.2, -0.15) is 5.10 Å². The topological polar surface area (TPSA) is 67.2 Å². The molecule has 126 valence electrons. The van der Waals surface area contributed by atoms with Crippen molar-refractivity contribution in [1.82, 2.24) is 19.4 Å². The molecular weight excluding hydrogens is 312 g/mol. The minimum absolute atomic E-state index is 0.0863. The van der Waals surface area contributed by atoms with Crippen LogP contribution in [0.5, 0.6) is 0 Å². The molecule has 0 spiro atoms. The lowest BCUT2D eigenvalue weighted by atomic mass is 10.2. The first kappa shape index (κ1) is 17.7. The molecule has 0 amide bonds. The molecule has 0 saturated heterocycles. The summed E-state index contributed by atoms with van der Waals surface area (Å²) in [4.78, 5) is 2.15. The van der Waals surface area contributed by atoms with Crippen molar-refractivity contribution in [2.24, 2.45) is 0 Å². The molecule has 0 aliphatic heterocycles. The largest absolute Gasteiger partial charge is 0.308 e. The van der Waals surface area contributed by atoms with Gasteiger partial charge in [0.2, 0.25) is 10.0 Å². The summed E-state index contributed by atoms with van der Waals surface area (Å²) in [5.74, 6) is 0. The van der Waals surface area contributed by atoms with E-state index in [1.165, 1.54) is 0 Å². The molecule has 7 heteroatoms. The molecule has 0 aliphatic carbocycles. The third kappa shape index (κ3) is 4.40. The zero-order valence-electron chi connectivity index (χ0n) is 14.0. The molecule has 0 atom stereocenters. The first-order valence-electron chi connectivity index (χ1n) is 7.60. The van der Waals surface area contributed by atoms with E-state index in [9.17, 15) is 8.42 Å². The summed E-state index contributed by atoms with van der Waals surface area (Å²) in [5, 5.41) is 4.48. The zero-order chi connectivity index (χ0) is 17.0. The molecular formula is C16H24N4O2S. The minimum Gasteiger partial charge on any atom is -0.308 e. The highest BCUT2D eigenvalue weighted by Gasteiger charge is 2.24. The Hall–Kier alpha value is -1.70. The van der Waals surface area contributed by atoms with Gasteiger partial charge in [0.1, 0.15) is 10.6 Å². The van der Waals surface area contributed by atoms with Crippen molar-refractivity contribution in [3.05, 3.63) is 36.5 Å². The molecule has 23 heavy (non-hydrogen) atoms. The number of nitrogens with zero attached hydrogens (tertiary/aromatic N) is 3. The average Bonchev–Trinajstić information content (AvgIpc) is 2.94. The van der Waals surface area contributed by atoms with Crippen molar-refractivity contribution in [1.29, 1.82) is 0 Å². The molecule has 1 aromatic carbocycles. The van der Waals surface area contributed by atoms with Crippen LogP contribution in [0.2, 0.25) is 0 Å². The Balaban J connectivity index is 2.40. The summed E-state index contributed by atoms with van der Waals surface area (Å²) >= 11 is 0. The molecule has 0 fully saturated rings. The maximum atomic E-state index is 12.7. The molecule has 0 saturated carbocycles. The fourth-order valence-corrected chi connectivity index (χ4v) is 3.29. The maximum Gasteiger partial charge on any atom is 0.244 e. The van der Waals surface area contributed by atoms with E-state index < -0.39 is 10.0 Å². The minimum atomic E-state index is -3.61. The van der Waals surface area contributed by atoms with Crippen LogP contribution in [0.3, 0.4) is 0 Å². The Labute approximate surface area is 138 Å². The van der Waals surface area contributed by atoms with Crippen molar-refractivity contribution < 1.29 is 8.42 Å². The monoisotopic (exact) mass is 336 g/mol. The molecule has 0 unspecified atom stereocenters. The molecule has 2 rings (SSSR count). The van der Waals surface area contributed by atoms with Gasteiger partial charge in [0.15, 0.2) is 0 Å². The highest BCUT2D eigenvalue weighted by Crippen LogP contribution is 2.26. The first-order chi connectivity index (χ1) is 10.8. The van der Waals surface area contributed by atoms with Crippen molar-refractivity contribution in [3.63, 3.8) is 0 Å². The van der Waals surface area contributed by atoms with Gasteiger partial charge in [-0.05, 0) is 27.9 Å². The van der Waals surface area contributed by atoms with E-state index in [1.54, 1.807) is 10.9 Å². The Morgan fingerprint density at radius 3 is 2.43 bits per heavy atom. The Morgan fingerprint density at radius 1 is 1.22 bits per heavy atom. The molecule has 0 radical (unpaired) electrons. The van der Waals surface area contributed by atoms with Crippen LogP contribution in [-0.2, 0) is 10.0 Å². The second kappa shape index (κ2) is 7.25. The Morgan fingerprint density at radius 2 is 1.87 bits per heavy atom. The van der Waals surface area contributed by atoms with E-state index >= 15 is 0 Å². The molecule has 0 aliphatic rings. The van der Waals surface area contributed by atoms with E-state index in [1.807, 2.05) is 63.2 Å². The number of benzene rings is 1. The lowest BCUT2D eigenvalue weighted by Crippen LogP contribution is -2.31. The lowest BCUT2D eigenvalue weighted by molar-refractivity contribution is 0.412. The fraction of sp³-hybridized carbons (Fsp3) is 0.438. The number of hydrogen-bond acceptors (Lipinski definition) is 4. The van der Waals surface area contributed by atoms with Crippen LogP contribution in [0.25, 0.3) is 11.3 Å².